The molecule has 0 bridgehead atoms. The van der Waals surface area contributed by atoms with E-state index in [2.05, 4.69) is 10.6 Å². The van der Waals surface area contributed by atoms with Crippen molar-refractivity contribution in [3.63, 3.8) is 0 Å². The molecule has 0 aromatic carbocycles. The van der Waals surface area contributed by atoms with E-state index >= 15 is 0 Å². The summed E-state index contributed by atoms with van der Waals surface area (Å²) in [5.74, 6) is -0.917. The number of amides is 2. The Balaban J connectivity index is 3.38. The van der Waals surface area contributed by atoms with Crippen LogP contribution in [-0.4, -0.2) is 29.7 Å². The summed E-state index contributed by atoms with van der Waals surface area (Å²) in [5, 5.41) is 13.2. The van der Waals surface area contributed by atoms with Crippen LogP contribution in [-0.2, 0) is 4.79 Å². The number of nitrogens with one attached hydrogen (secondary N) is 2. The Morgan fingerprint density at radius 1 is 1.42 bits per heavy atom. The molecule has 0 heterocycles. The third-order valence-electron chi connectivity index (χ3n) is 1.04. The summed E-state index contributed by atoms with van der Waals surface area (Å²) in [6.45, 7) is 3.82. The van der Waals surface area contributed by atoms with E-state index in [4.69, 9.17) is 5.11 Å². The normalized spacial score (nSPS) is 9.58. The zero-order chi connectivity index (χ0) is 9.56. The first-order valence-corrected chi connectivity index (χ1v) is 3.78. The van der Waals surface area contributed by atoms with Crippen LogP contribution < -0.4 is 10.6 Å². The number of carboxylic acid groups (broad SMARTS) is 1. The number of aliphatic carboxylic acids is 1. The van der Waals surface area contributed by atoms with Crippen LogP contribution in [0.3, 0.4) is 0 Å². The van der Waals surface area contributed by atoms with Gasteiger partial charge in [0.05, 0.1) is 6.42 Å². The number of hydrogen-bond donors (Lipinski definition) is 3. The van der Waals surface area contributed by atoms with Gasteiger partial charge in [0.25, 0.3) is 0 Å². The van der Waals surface area contributed by atoms with Crippen molar-refractivity contribution in [3.05, 3.63) is 0 Å². The maximum Gasteiger partial charge on any atom is 0.315 e. The van der Waals surface area contributed by atoms with Crippen molar-refractivity contribution in [1.29, 1.82) is 0 Å². The number of rotatable bonds is 4. The van der Waals surface area contributed by atoms with Gasteiger partial charge in [-0.3, -0.25) is 4.79 Å². The summed E-state index contributed by atoms with van der Waals surface area (Å²) in [6, 6.07) is -0.263. The first-order valence-electron chi connectivity index (χ1n) is 3.78. The summed E-state index contributed by atoms with van der Waals surface area (Å²) in [4.78, 5) is 20.9. The van der Waals surface area contributed by atoms with E-state index in [0.29, 0.717) is 0 Å². The molecule has 0 aliphatic carbocycles. The lowest BCUT2D eigenvalue weighted by atomic mass is 10.4. The molecule has 0 rings (SSSR count). The first-order chi connectivity index (χ1) is 5.52. The molecule has 5 heteroatoms. The van der Waals surface area contributed by atoms with Crippen molar-refractivity contribution in [2.75, 3.05) is 6.54 Å². The van der Waals surface area contributed by atoms with E-state index in [9.17, 15) is 9.59 Å². The molecule has 0 radical (unpaired) electrons. The summed E-state index contributed by atoms with van der Waals surface area (Å²) in [7, 11) is 0. The number of hydrogen-bond acceptors (Lipinski definition) is 2. The molecular weight excluding hydrogens is 160 g/mol. The van der Waals surface area contributed by atoms with E-state index in [1.54, 1.807) is 0 Å². The lowest BCUT2D eigenvalue weighted by molar-refractivity contribution is -0.136. The second-order valence-corrected chi connectivity index (χ2v) is 2.70. The predicted octanol–water partition coefficient (Wildman–Crippen LogP) is 0.169. The SMILES string of the molecule is CC(C)NC(=O)NCCC(=O)O. The van der Waals surface area contributed by atoms with Crippen LogP contribution in [0.4, 0.5) is 4.79 Å². The standard InChI is InChI=1S/C7H14N2O3/c1-5(2)9-7(12)8-4-3-6(10)11/h5H,3-4H2,1-2H3,(H,10,11)(H2,8,9,12). The second-order valence-electron chi connectivity index (χ2n) is 2.70. The molecule has 0 spiro atoms. The minimum atomic E-state index is -0.917. The number of urea groups is 1. The van der Waals surface area contributed by atoms with E-state index < -0.39 is 5.97 Å². The fourth-order valence-electron chi connectivity index (χ4n) is 0.596. The highest BCUT2D eigenvalue weighted by molar-refractivity contribution is 5.75. The van der Waals surface area contributed by atoms with Crippen molar-refractivity contribution < 1.29 is 14.7 Å². The Labute approximate surface area is 71.1 Å². The molecule has 0 unspecified atom stereocenters. The van der Waals surface area contributed by atoms with Crippen molar-refractivity contribution in [3.8, 4) is 0 Å². The van der Waals surface area contributed by atoms with Crippen LogP contribution >= 0.6 is 0 Å². The van der Waals surface area contributed by atoms with Gasteiger partial charge in [0.15, 0.2) is 0 Å². The molecule has 0 aromatic heterocycles. The summed E-state index contributed by atoms with van der Waals surface area (Å²) in [5.41, 5.74) is 0. The van der Waals surface area contributed by atoms with E-state index in [1.807, 2.05) is 13.8 Å². The Morgan fingerprint density at radius 2 is 2.00 bits per heavy atom. The number of carboxylic acids is 1. The van der Waals surface area contributed by atoms with Crippen LogP contribution in [0.1, 0.15) is 20.3 Å². The molecule has 5 nitrogen and oxygen atoms in total. The Bertz CT molecular complexity index is 168. The third kappa shape index (κ3) is 6.85. The van der Waals surface area contributed by atoms with E-state index in [0.717, 1.165) is 0 Å². The third-order valence-corrected chi connectivity index (χ3v) is 1.04. The Hall–Kier alpha value is -1.26. The van der Waals surface area contributed by atoms with Gasteiger partial charge in [-0.05, 0) is 13.8 Å². The molecule has 0 atom stereocenters. The number of carbonyl (C=O) groups excluding carboxylic acids is 1. The zero-order valence-electron chi connectivity index (χ0n) is 7.26. The second kappa shape index (κ2) is 5.40. The fraction of sp³-hybridized carbons (Fsp3) is 0.714. The van der Waals surface area contributed by atoms with Crippen molar-refractivity contribution in [2.45, 2.75) is 26.3 Å². The zero-order valence-corrected chi connectivity index (χ0v) is 7.26. The van der Waals surface area contributed by atoms with Crippen LogP contribution in [0.15, 0.2) is 0 Å². The van der Waals surface area contributed by atoms with Gasteiger partial charge in [-0.2, -0.15) is 0 Å². The van der Waals surface area contributed by atoms with Gasteiger partial charge in [-0.15, -0.1) is 0 Å². The van der Waals surface area contributed by atoms with E-state index in [1.165, 1.54) is 0 Å². The molecule has 0 aliphatic rings. The molecule has 2 amide bonds. The molecular formula is C7H14N2O3. The molecule has 0 fully saturated rings. The highest BCUT2D eigenvalue weighted by atomic mass is 16.4. The monoisotopic (exact) mass is 174 g/mol. The topological polar surface area (TPSA) is 78.4 Å². The Kier molecular flexibility index (Phi) is 4.83. The maximum atomic E-state index is 10.8. The maximum absolute atomic E-state index is 10.8. The van der Waals surface area contributed by atoms with Gasteiger partial charge in [-0.1, -0.05) is 0 Å². The van der Waals surface area contributed by atoms with Gasteiger partial charge in [-0.25, -0.2) is 4.79 Å². The average molecular weight is 174 g/mol. The van der Waals surface area contributed by atoms with Crippen LogP contribution in [0, 0.1) is 0 Å². The molecule has 70 valence electrons. The molecule has 0 aromatic rings. The van der Waals surface area contributed by atoms with Crippen molar-refractivity contribution >= 4 is 12.0 Å². The summed E-state index contributed by atoms with van der Waals surface area (Å²) >= 11 is 0. The molecule has 0 aliphatic heterocycles. The fourth-order valence-corrected chi connectivity index (χ4v) is 0.596. The lowest BCUT2D eigenvalue weighted by Crippen LogP contribution is -2.40. The largest absolute Gasteiger partial charge is 0.481 e. The molecule has 12 heavy (non-hydrogen) atoms. The van der Waals surface area contributed by atoms with Crippen LogP contribution in [0.2, 0.25) is 0 Å². The number of carbonyl (C=O) groups is 2. The average Bonchev–Trinajstić information content (AvgIpc) is 1.84. The summed E-state index contributed by atoms with van der Waals surface area (Å²) < 4.78 is 0. The van der Waals surface area contributed by atoms with Crippen molar-refractivity contribution in [1.82, 2.24) is 10.6 Å². The minimum absolute atomic E-state index is 0.0501. The van der Waals surface area contributed by atoms with Gasteiger partial charge in [0, 0.05) is 12.6 Å². The van der Waals surface area contributed by atoms with Crippen LogP contribution in [0.25, 0.3) is 0 Å². The van der Waals surface area contributed by atoms with Crippen LogP contribution in [0.5, 0.6) is 0 Å². The minimum Gasteiger partial charge on any atom is -0.481 e. The molecule has 0 saturated heterocycles. The predicted molar refractivity (Wildman–Crippen MR) is 43.9 cm³/mol. The highest BCUT2D eigenvalue weighted by Gasteiger charge is 2.02. The smallest absolute Gasteiger partial charge is 0.315 e. The molecule has 0 saturated carbocycles. The lowest BCUT2D eigenvalue weighted by Gasteiger charge is -2.08. The van der Waals surface area contributed by atoms with E-state index in [-0.39, 0.29) is 25.0 Å². The van der Waals surface area contributed by atoms with Crippen molar-refractivity contribution in [2.24, 2.45) is 0 Å². The quantitative estimate of drug-likeness (QED) is 0.568. The van der Waals surface area contributed by atoms with Gasteiger partial charge in [0.1, 0.15) is 0 Å². The highest BCUT2D eigenvalue weighted by Crippen LogP contribution is 1.78. The van der Waals surface area contributed by atoms with Gasteiger partial charge in [0.2, 0.25) is 0 Å². The molecule has 3 N–H and O–H groups in total. The van der Waals surface area contributed by atoms with Gasteiger partial charge >= 0.3 is 12.0 Å². The first kappa shape index (κ1) is 10.7. The summed E-state index contributed by atoms with van der Waals surface area (Å²) in [6.07, 6.45) is -0.0501. The van der Waals surface area contributed by atoms with Gasteiger partial charge < -0.3 is 15.7 Å². The Morgan fingerprint density at radius 3 is 2.42 bits per heavy atom.